The largest absolute Gasteiger partial charge is 0.495 e. The summed E-state index contributed by atoms with van der Waals surface area (Å²) >= 11 is 6.37. The molecule has 0 radical (unpaired) electrons. The zero-order valence-electron chi connectivity index (χ0n) is 45.6. The van der Waals surface area contributed by atoms with Crippen molar-refractivity contribution in [3.63, 3.8) is 0 Å². The van der Waals surface area contributed by atoms with E-state index in [1.807, 2.05) is 46.8 Å². The molecule has 0 unspecified atom stereocenters. The average molecular weight is 1100 g/mol. The second-order valence-corrected chi connectivity index (χ2v) is 21.2. The van der Waals surface area contributed by atoms with Crippen LogP contribution in [-0.2, 0) is 72.1 Å². The number of alkyl carbamates (subject to hydrolysis) is 2. The fourth-order valence-corrected chi connectivity index (χ4v) is 8.25. The lowest BCUT2D eigenvalue weighted by Gasteiger charge is -2.29. The second-order valence-electron chi connectivity index (χ2n) is 20.8. The minimum absolute atomic E-state index is 0.0451. The molecule has 1 saturated heterocycles. The number of cyclic esters (lactones) is 2. The summed E-state index contributed by atoms with van der Waals surface area (Å²) in [6.45, 7) is 13.9. The highest BCUT2D eigenvalue weighted by Crippen LogP contribution is 2.45. The predicted octanol–water partition coefficient (Wildman–Crippen LogP) is 5.70. The number of hydrogen-bond donors (Lipinski definition) is 7. The highest BCUT2D eigenvalue weighted by atomic mass is 35.5. The summed E-state index contributed by atoms with van der Waals surface area (Å²) in [5, 5.41) is 16.3. The van der Waals surface area contributed by atoms with Crippen LogP contribution < -0.4 is 42.4 Å². The summed E-state index contributed by atoms with van der Waals surface area (Å²) < 4.78 is 34.0. The highest BCUT2D eigenvalue weighted by Gasteiger charge is 2.48. The van der Waals surface area contributed by atoms with Crippen LogP contribution in [0.2, 0.25) is 5.02 Å². The summed E-state index contributed by atoms with van der Waals surface area (Å²) in [5.74, 6) is -3.51. The molecule has 0 aromatic heterocycles. The van der Waals surface area contributed by atoms with E-state index in [1.165, 1.54) is 13.2 Å². The van der Waals surface area contributed by atoms with Crippen molar-refractivity contribution in [2.75, 3.05) is 32.1 Å². The van der Waals surface area contributed by atoms with Crippen LogP contribution in [0.25, 0.3) is 0 Å². The van der Waals surface area contributed by atoms with Gasteiger partial charge in [0.1, 0.15) is 43.3 Å². The number of methoxy groups -OCH3 is 1. The molecule has 2 heterocycles. The third-order valence-electron chi connectivity index (χ3n) is 13.0. The van der Waals surface area contributed by atoms with Gasteiger partial charge in [0.2, 0.25) is 23.6 Å². The molecule has 8 N–H and O–H groups in total. The summed E-state index contributed by atoms with van der Waals surface area (Å²) in [5.41, 5.74) is 7.89. The third kappa shape index (κ3) is 19.0. The number of amides is 6. The fourth-order valence-electron chi connectivity index (χ4n) is 7.97. The molecule has 0 saturated carbocycles. The number of rotatable bonds is 20. The zero-order chi connectivity index (χ0) is 57.3. The molecule has 8 atom stereocenters. The number of carbonyl (C=O) groups excluding carboxylic acids is 8. The van der Waals surface area contributed by atoms with Crippen LogP contribution in [0.5, 0.6) is 5.75 Å². The van der Waals surface area contributed by atoms with Gasteiger partial charge in [0.05, 0.1) is 29.7 Å². The van der Waals surface area contributed by atoms with Gasteiger partial charge in [0.25, 0.3) is 0 Å². The molecule has 78 heavy (non-hydrogen) atoms. The molecule has 5 rings (SSSR count). The average Bonchev–Trinajstić information content (AvgIpc) is 4.23. The standard InChI is InChI=1S/C56H74ClN7O14/c1-31(2)25-44-52(69)76-42(11-10-12-45(65)64-41(27-37-17-22-43(73-9)40(57)26-37)50(67)61-30-56(7,8)53(70)77-44)33(5)47-48(78-47)38-18-13-35(14-19-38)28-74-54(71)59-23-24-60-55(72)75-29-36-15-20-39(21-16-36)63-49(66)34(6)62-51(68)46(58)32(3)4/h10,12-22,26,31-34,41-42,44,46-48H,11,23-25,27-30,58H2,1-9H3,(H,59,71)(H,60,72)(H,61,67)(H,62,68)(H,63,66)(H,64,65)/b12-10+/t33-,34-,41+,42-,44-,46-,47+,48+/m0/s1. The fraction of sp³-hybridized carbons (Fsp3) is 0.500. The number of epoxide rings is 1. The molecule has 0 aliphatic carbocycles. The van der Waals surface area contributed by atoms with Gasteiger partial charge in [-0.15, -0.1) is 0 Å². The number of hydrogen-bond acceptors (Lipinski definition) is 15. The maximum Gasteiger partial charge on any atom is 0.407 e. The lowest BCUT2D eigenvalue weighted by Crippen LogP contribution is -2.51. The van der Waals surface area contributed by atoms with Crippen molar-refractivity contribution in [3.8, 4) is 5.75 Å². The lowest BCUT2D eigenvalue weighted by molar-refractivity contribution is -0.179. The highest BCUT2D eigenvalue weighted by molar-refractivity contribution is 6.32. The Labute approximate surface area is 460 Å². The smallest absolute Gasteiger partial charge is 0.407 e. The molecule has 1 fully saturated rings. The predicted molar refractivity (Wildman–Crippen MR) is 288 cm³/mol. The van der Waals surface area contributed by atoms with Crippen molar-refractivity contribution < 1.29 is 66.8 Å². The lowest BCUT2D eigenvalue weighted by atomic mass is 9.92. The van der Waals surface area contributed by atoms with Gasteiger partial charge in [-0.1, -0.05) is 94.8 Å². The van der Waals surface area contributed by atoms with Gasteiger partial charge in [0.15, 0.2) is 6.10 Å². The number of nitrogens with two attached hydrogens (primary N) is 1. The first kappa shape index (κ1) is 61.6. The topological polar surface area (TPSA) is 293 Å². The van der Waals surface area contributed by atoms with Gasteiger partial charge in [-0.3, -0.25) is 24.0 Å². The van der Waals surface area contributed by atoms with Gasteiger partial charge in [0, 0.05) is 44.1 Å². The van der Waals surface area contributed by atoms with E-state index >= 15 is 0 Å². The third-order valence-corrected chi connectivity index (χ3v) is 13.3. The van der Waals surface area contributed by atoms with E-state index in [2.05, 4.69) is 31.9 Å². The van der Waals surface area contributed by atoms with Crippen molar-refractivity contribution >= 4 is 65.0 Å². The molecule has 0 spiro atoms. The Bertz CT molecular complexity index is 2610. The van der Waals surface area contributed by atoms with Gasteiger partial charge in [-0.05, 0) is 91.6 Å². The van der Waals surface area contributed by atoms with E-state index in [4.69, 9.17) is 45.8 Å². The normalized spacial score (nSPS) is 21.3. The number of halogens is 1. The van der Waals surface area contributed by atoms with Gasteiger partial charge < -0.3 is 66.1 Å². The van der Waals surface area contributed by atoms with Crippen molar-refractivity contribution in [2.24, 2.45) is 28.9 Å². The Morgan fingerprint density at radius 1 is 0.821 bits per heavy atom. The van der Waals surface area contributed by atoms with Crippen molar-refractivity contribution in [1.29, 1.82) is 0 Å². The Morgan fingerprint density at radius 3 is 2.00 bits per heavy atom. The molecular weight excluding hydrogens is 1030 g/mol. The zero-order valence-corrected chi connectivity index (χ0v) is 46.4. The Kier molecular flexibility index (Phi) is 22.9. The van der Waals surface area contributed by atoms with E-state index < -0.39 is 95.5 Å². The molecule has 22 heteroatoms. The second kappa shape index (κ2) is 28.9. The molecule has 6 amide bonds. The summed E-state index contributed by atoms with van der Waals surface area (Å²) in [6.07, 6.45) is -1.06. The van der Waals surface area contributed by atoms with Gasteiger partial charge in [-0.25, -0.2) is 14.4 Å². The van der Waals surface area contributed by atoms with Crippen LogP contribution in [0.3, 0.4) is 0 Å². The minimum Gasteiger partial charge on any atom is -0.495 e. The number of anilines is 1. The summed E-state index contributed by atoms with van der Waals surface area (Å²) in [7, 11) is 1.49. The van der Waals surface area contributed by atoms with Crippen LogP contribution in [0.15, 0.2) is 78.9 Å². The maximum absolute atomic E-state index is 13.9. The Hall–Kier alpha value is -7.23. The number of esters is 2. The first-order chi connectivity index (χ1) is 36.9. The molecule has 2 aliphatic heterocycles. The Balaban J connectivity index is 1.09. The van der Waals surface area contributed by atoms with Crippen LogP contribution in [-0.4, -0.2) is 111 Å². The number of carbonyl (C=O) groups is 8. The maximum atomic E-state index is 13.9. The SMILES string of the molecule is COc1ccc(C[C@H]2NC(=O)/C=C/C[C@@H]([C@H](C)[C@H]3O[C@@H]3c3ccc(COC(=O)NCCNC(=O)OCc4ccc(NC(=O)[C@H](C)NC(=O)[C@@H](N)C(C)C)cc4)cc3)OC(=O)[C@H](CC(C)C)OC(=O)C(C)(C)CNC2=O)cc1Cl. The Morgan fingerprint density at radius 2 is 1.42 bits per heavy atom. The first-order valence-corrected chi connectivity index (χ1v) is 26.3. The first-order valence-electron chi connectivity index (χ1n) is 25.9. The van der Waals surface area contributed by atoms with Crippen LogP contribution in [0, 0.1) is 23.2 Å². The molecule has 21 nitrogen and oxygen atoms in total. The molecule has 3 aromatic carbocycles. The van der Waals surface area contributed by atoms with Crippen LogP contribution in [0.4, 0.5) is 15.3 Å². The van der Waals surface area contributed by atoms with E-state index in [0.29, 0.717) is 33.1 Å². The number of nitrogens with one attached hydrogen (secondary N) is 6. The monoisotopic (exact) mass is 1100 g/mol. The number of ether oxygens (including phenoxy) is 6. The van der Waals surface area contributed by atoms with Crippen LogP contribution in [0.1, 0.15) is 96.6 Å². The molecule has 3 aromatic rings. The molecule has 0 bridgehead atoms. The minimum atomic E-state index is -1.27. The summed E-state index contributed by atoms with van der Waals surface area (Å²) in [6, 6.07) is 16.3. The number of benzene rings is 3. The van der Waals surface area contributed by atoms with Gasteiger partial charge in [-0.2, -0.15) is 0 Å². The summed E-state index contributed by atoms with van der Waals surface area (Å²) in [4.78, 5) is 104. The van der Waals surface area contributed by atoms with E-state index in [-0.39, 0.29) is 70.1 Å². The quantitative estimate of drug-likeness (QED) is 0.0309. The van der Waals surface area contributed by atoms with E-state index in [1.54, 1.807) is 81.4 Å². The van der Waals surface area contributed by atoms with E-state index in [9.17, 15) is 38.4 Å². The van der Waals surface area contributed by atoms with Gasteiger partial charge >= 0.3 is 24.1 Å². The molecular formula is C56H74ClN7O14. The van der Waals surface area contributed by atoms with Crippen molar-refractivity contribution in [2.45, 2.75) is 130 Å². The molecule has 2 aliphatic rings. The van der Waals surface area contributed by atoms with E-state index in [0.717, 1.165) is 5.56 Å². The van der Waals surface area contributed by atoms with Crippen molar-refractivity contribution in [3.05, 3.63) is 106 Å². The van der Waals surface area contributed by atoms with Crippen molar-refractivity contribution in [1.82, 2.24) is 26.6 Å². The van der Waals surface area contributed by atoms with Crippen LogP contribution >= 0.6 is 11.6 Å². The molecule has 424 valence electrons.